The predicted molar refractivity (Wildman–Crippen MR) is 64.0 cm³/mol. The van der Waals surface area contributed by atoms with Gasteiger partial charge in [0.25, 0.3) is 6.43 Å². The van der Waals surface area contributed by atoms with Crippen molar-refractivity contribution in [3.8, 4) is 0 Å². The van der Waals surface area contributed by atoms with Gasteiger partial charge < -0.3 is 10.6 Å². The van der Waals surface area contributed by atoms with E-state index in [0.29, 0.717) is 11.4 Å². The molecule has 0 bridgehead atoms. The van der Waals surface area contributed by atoms with Crippen molar-refractivity contribution < 1.29 is 8.78 Å². The van der Waals surface area contributed by atoms with Gasteiger partial charge in [-0.1, -0.05) is 6.92 Å². The Morgan fingerprint density at radius 3 is 2.50 bits per heavy atom. The van der Waals surface area contributed by atoms with E-state index < -0.39 is 6.43 Å². The highest BCUT2D eigenvalue weighted by molar-refractivity contribution is 5.60. The summed E-state index contributed by atoms with van der Waals surface area (Å²) in [6, 6.07) is 4.70. The van der Waals surface area contributed by atoms with Crippen LogP contribution in [-0.4, -0.2) is 13.1 Å². The summed E-state index contributed by atoms with van der Waals surface area (Å²) in [6.45, 7) is 5.49. The molecule has 0 spiro atoms. The number of anilines is 2. The van der Waals surface area contributed by atoms with E-state index in [4.69, 9.17) is 5.73 Å². The first kappa shape index (κ1) is 12.7. The molecule has 0 aromatic heterocycles. The monoisotopic (exact) mass is 228 g/mol. The summed E-state index contributed by atoms with van der Waals surface area (Å²) < 4.78 is 25.7. The molecule has 2 nitrogen and oxygen atoms in total. The quantitative estimate of drug-likeness (QED) is 0.782. The number of hydrogen-bond acceptors (Lipinski definition) is 2. The third-order valence-electron chi connectivity index (χ3n) is 2.50. The molecule has 0 fully saturated rings. The molecule has 1 rings (SSSR count). The number of nitrogens with zero attached hydrogens (tertiary/aromatic N) is 1. The van der Waals surface area contributed by atoms with Gasteiger partial charge in [-0.15, -0.1) is 0 Å². The normalized spacial score (nSPS) is 10.8. The molecule has 0 saturated carbocycles. The molecule has 16 heavy (non-hydrogen) atoms. The van der Waals surface area contributed by atoms with Gasteiger partial charge in [-0.05, 0) is 31.5 Å². The Kier molecular flexibility index (Phi) is 4.52. The Bertz CT molecular complexity index is 340. The smallest absolute Gasteiger partial charge is 0.265 e. The van der Waals surface area contributed by atoms with E-state index >= 15 is 0 Å². The number of rotatable bonds is 5. The standard InChI is InChI=1S/C12H18F2N2/c1-3-7-16(4-2)11-6-5-9(15)8-10(11)12(13)14/h5-6,8,12H,3-4,7,15H2,1-2H3. The molecule has 1 aromatic carbocycles. The van der Waals surface area contributed by atoms with Crippen LogP contribution in [0.2, 0.25) is 0 Å². The largest absolute Gasteiger partial charge is 0.399 e. The number of alkyl halides is 2. The SMILES string of the molecule is CCCN(CC)c1ccc(N)cc1C(F)F. The fraction of sp³-hybridized carbons (Fsp3) is 0.500. The zero-order chi connectivity index (χ0) is 12.1. The molecule has 0 unspecified atom stereocenters. The summed E-state index contributed by atoms with van der Waals surface area (Å²) in [7, 11) is 0. The minimum Gasteiger partial charge on any atom is -0.399 e. The molecule has 4 heteroatoms. The van der Waals surface area contributed by atoms with Crippen molar-refractivity contribution in [1.29, 1.82) is 0 Å². The van der Waals surface area contributed by atoms with E-state index in [1.807, 2.05) is 18.7 Å². The Balaban J connectivity index is 3.09. The fourth-order valence-electron chi connectivity index (χ4n) is 1.75. The van der Waals surface area contributed by atoms with Crippen LogP contribution in [-0.2, 0) is 0 Å². The summed E-state index contributed by atoms with van der Waals surface area (Å²) >= 11 is 0. The fourth-order valence-corrected chi connectivity index (χ4v) is 1.75. The number of nitrogen functional groups attached to an aromatic ring is 1. The van der Waals surface area contributed by atoms with E-state index in [1.54, 1.807) is 12.1 Å². The highest BCUT2D eigenvalue weighted by atomic mass is 19.3. The Morgan fingerprint density at radius 2 is 2.00 bits per heavy atom. The summed E-state index contributed by atoms with van der Waals surface area (Å²) in [5, 5.41) is 0. The maximum Gasteiger partial charge on any atom is 0.265 e. The lowest BCUT2D eigenvalue weighted by Gasteiger charge is -2.25. The molecule has 0 saturated heterocycles. The minimum absolute atomic E-state index is 0.0234. The van der Waals surface area contributed by atoms with Gasteiger partial charge >= 0.3 is 0 Å². The van der Waals surface area contributed by atoms with Gasteiger partial charge in [0.1, 0.15) is 0 Å². The molecule has 0 aliphatic heterocycles. The minimum atomic E-state index is -2.48. The maximum absolute atomic E-state index is 12.9. The van der Waals surface area contributed by atoms with Crippen LogP contribution >= 0.6 is 0 Å². The lowest BCUT2D eigenvalue weighted by molar-refractivity contribution is 0.152. The van der Waals surface area contributed by atoms with Gasteiger partial charge in [0.05, 0.1) is 0 Å². The van der Waals surface area contributed by atoms with Gasteiger partial charge in [0.15, 0.2) is 0 Å². The highest BCUT2D eigenvalue weighted by Crippen LogP contribution is 2.31. The van der Waals surface area contributed by atoms with Crippen LogP contribution < -0.4 is 10.6 Å². The second kappa shape index (κ2) is 5.68. The summed E-state index contributed by atoms with van der Waals surface area (Å²) in [4.78, 5) is 1.95. The van der Waals surface area contributed by atoms with Crippen molar-refractivity contribution in [2.75, 3.05) is 23.7 Å². The van der Waals surface area contributed by atoms with Crippen LogP contribution in [0, 0.1) is 0 Å². The first-order chi connectivity index (χ1) is 7.60. The number of halogens is 2. The number of benzene rings is 1. The van der Waals surface area contributed by atoms with E-state index in [-0.39, 0.29) is 5.56 Å². The molecule has 0 heterocycles. The number of hydrogen-bond donors (Lipinski definition) is 1. The molecule has 0 amide bonds. The van der Waals surface area contributed by atoms with Crippen molar-refractivity contribution in [2.24, 2.45) is 0 Å². The van der Waals surface area contributed by atoms with Crippen molar-refractivity contribution in [3.05, 3.63) is 23.8 Å². The Morgan fingerprint density at radius 1 is 1.31 bits per heavy atom. The van der Waals surface area contributed by atoms with Crippen molar-refractivity contribution >= 4 is 11.4 Å². The third kappa shape index (κ3) is 2.84. The van der Waals surface area contributed by atoms with Gasteiger partial charge in [-0.2, -0.15) is 0 Å². The molecule has 0 aliphatic carbocycles. The van der Waals surface area contributed by atoms with Crippen molar-refractivity contribution in [2.45, 2.75) is 26.7 Å². The molecule has 0 atom stereocenters. The molecule has 90 valence electrons. The topological polar surface area (TPSA) is 29.3 Å². The van der Waals surface area contributed by atoms with Crippen LogP contribution in [0.4, 0.5) is 20.2 Å². The van der Waals surface area contributed by atoms with Gasteiger partial charge in [0, 0.05) is 30.0 Å². The lowest BCUT2D eigenvalue weighted by atomic mass is 10.1. The van der Waals surface area contributed by atoms with Crippen LogP contribution in [0.3, 0.4) is 0 Å². The van der Waals surface area contributed by atoms with E-state index in [9.17, 15) is 8.78 Å². The van der Waals surface area contributed by atoms with Crippen LogP contribution in [0.1, 0.15) is 32.3 Å². The average Bonchev–Trinajstić information content (AvgIpc) is 2.26. The average molecular weight is 228 g/mol. The number of nitrogens with two attached hydrogens (primary N) is 1. The summed E-state index contributed by atoms with van der Waals surface area (Å²) in [5.74, 6) is 0. The van der Waals surface area contributed by atoms with Crippen LogP contribution in [0.5, 0.6) is 0 Å². The second-order valence-electron chi connectivity index (χ2n) is 3.70. The molecule has 0 aliphatic rings. The predicted octanol–water partition coefficient (Wildman–Crippen LogP) is 3.44. The first-order valence-electron chi connectivity index (χ1n) is 5.52. The highest BCUT2D eigenvalue weighted by Gasteiger charge is 2.16. The van der Waals surface area contributed by atoms with E-state index in [2.05, 4.69) is 0 Å². The molecule has 0 radical (unpaired) electrons. The van der Waals surface area contributed by atoms with Gasteiger partial charge in [0.2, 0.25) is 0 Å². The first-order valence-corrected chi connectivity index (χ1v) is 5.52. The zero-order valence-corrected chi connectivity index (χ0v) is 9.71. The molecular weight excluding hydrogens is 210 g/mol. The van der Waals surface area contributed by atoms with Crippen molar-refractivity contribution in [1.82, 2.24) is 0 Å². The molecule has 2 N–H and O–H groups in total. The third-order valence-corrected chi connectivity index (χ3v) is 2.50. The van der Waals surface area contributed by atoms with Crippen LogP contribution in [0.15, 0.2) is 18.2 Å². The van der Waals surface area contributed by atoms with Crippen molar-refractivity contribution in [3.63, 3.8) is 0 Å². The zero-order valence-electron chi connectivity index (χ0n) is 9.71. The second-order valence-corrected chi connectivity index (χ2v) is 3.70. The Hall–Kier alpha value is -1.32. The van der Waals surface area contributed by atoms with Gasteiger partial charge in [-0.3, -0.25) is 0 Å². The lowest BCUT2D eigenvalue weighted by Crippen LogP contribution is -2.24. The van der Waals surface area contributed by atoms with E-state index in [0.717, 1.165) is 19.5 Å². The molecule has 1 aromatic rings. The maximum atomic E-state index is 12.9. The summed E-state index contributed by atoms with van der Waals surface area (Å²) in [5.41, 5.74) is 6.52. The van der Waals surface area contributed by atoms with Gasteiger partial charge in [-0.25, -0.2) is 8.78 Å². The summed E-state index contributed by atoms with van der Waals surface area (Å²) in [6.07, 6.45) is -1.55. The Labute approximate surface area is 95.1 Å². The molecular formula is C12H18F2N2. The van der Waals surface area contributed by atoms with E-state index in [1.165, 1.54) is 6.07 Å². The van der Waals surface area contributed by atoms with Crippen LogP contribution in [0.25, 0.3) is 0 Å².